The van der Waals surface area contributed by atoms with Crippen molar-refractivity contribution in [3.05, 3.63) is 35.9 Å². The molecule has 5 nitrogen and oxygen atoms in total. The number of benzene rings is 1. The van der Waals surface area contributed by atoms with Crippen LogP contribution < -0.4 is 5.32 Å². The quantitative estimate of drug-likeness (QED) is 0.839. The summed E-state index contributed by atoms with van der Waals surface area (Å²) >= 11 is 0. The summed E-state index contributed by atoms with van der Waals surface area (Å²) in [7, 11) is 1.98. The van der Waals surface area contributed by atoms with Gasteiger partial charge >= 0.3 is 5.97 Å². The minimum atomic E-state index is -0.917. The fourth-order valence-corrected chi connectivity index (χ4v) is 2.53. The van der Waals surface area contributed by atoms with Gasteiger partial charge in [0.2, 0.25) is 5.91 Å². The predicted molar refractivity (Wildman–Crippen MR) is 75.4 cm³/mol. The predicted octanol–water partition coefficient (Wildman–Crippen LogP) is 0.923. The number of rotatable bonds is 5. The van der Waals surface area contributed by atoms with E-state index in [0.29, 0.717) is 5.56 Å². The van der Waals surface area contributed by atoms with Crippen molar-refractivity contribution < 1.29 is 14.7 Å². The third kappa shape index (κ3) is 3.57. The molecule has 1 aliphatic heterocycles. The number of nitrogens with one attached hydrogen (secondary N) is 1. The molecule has 1 aromatic rings. The highest BCUT2D eigenvalue weighted by Gasteiger charge is 2.27. The summed E-state index contributed by atoms with van der Waals surface area (Å²) < 4.78 is 0. The van der Waals surface area contributed by atoms with Crippen LogP contribution in [0.1, 0.15) is 17.9 Å². The molecule has 0 bridgehead atoms. The number of amides is 1. The summed E-state index contributed by atoms with van der Waals surface area (Å²) in [5.41, 5.74) is 0.712. The van der Waals surface area contributed by atoms with Gasteiger partial charge in [0.15, 0.2) is 0 Å². The van der Waals surface area contributed by atoms with Crippen LogP contribution in [0.5, 0.6) is 0 Å². The molecule has 0 spiro atoms. The fourth-order valence-electron chi connectivity index (χ4n) is 2.53. The Balaban J connectivity index is 1.93. The lowest BCUT2D eigenvalue weighted by Crippen LogP contribution is -2.36. The number of likely N-dealkylation sites (tertiary alicyclic amines) is 1. The molecule has 108 valence electrons. The molecule has 1 aliphatic rings. The highest BCUT2D eigenvalue weighted by Crippen LogP contribution is 2.17. The first-order valence-corrected chi connectivity index (χ1v) is 6.82. The number of hydrogen-bond acceptors (Lipinski definition) is 3. The van der Waals surface area contributed by atoms with E-state index in [9.17, 15) is 14.7 Å². The Morgan fingerprint density at radius 3 is 2.65 bits per heavy atom. The molecule has 1 heterocycles. The average Bonchev–Trinajstić information content (AvgIpc) is 2.86. The monoisotopic (exact) mass is 276 g/mol. The number of carboxylic acid groups (broad SMARTS) is 1. The lowest BCUT2D eigenvalue weighted by molar-refractivity contribution is -0.138. The van der Waals surface area contributed by atoms with Gasteiger partial charge in [0, 0.05) is 13.1 Å². The largest absolute Gasteiger partial charge is 0.481 e. The Morgan fingerprint density at radius 2 is 2.10 bits per heavy atom. The van der Waals surface area contributed by atoms with Crippen molar-refractivity contribution >= 4 is 11.9 Å². The molecular weight excluding hydrogens is 256 g/mol. The van der Waals surface area contributed by atoms with Crippen LogP contribution >= 0.6 is 0 Å². The van der Waals surface area contributed by atoms with Crippen molar-refractivity contribution in [3.8, 4) is 0 Å². The van der Waals surface area contributed by atoms with E-state index in [2.05, 4.69) is 10.2 Å². The molecule has 2 unspecified atom stereocenters. The Hall–Kier alpha value is -1.88. The third-order valence-corrected chi connectivity index (χ3v) is 3.74. The minimum Gasteiger partial charge on any atom is -0.481 e. The lowest BCUT2D eigenvalue weighted by Gasteiger charge is -2.16. The van der Waals surface area contributed by atoms with Gasteiger partial charge in [0.25, 0.3) is 0 Å². The zero-order valence-electron chi connectivity index (χ0n) is 11.6. The van der Waals surface area contributed by atoms with Gasteiger partial charge in [0.1, 0.15) is 0 Å². The van der Waals surface area contributed by atoms with Gasteiger partial charge in [-0.3, -0.25) is 9.59 Å². The first-order chi connectivity index (χ1) is 9.58. The lowest BCUT2D eigenvalue weighted by atomic mass is 9.99. The van der Waals surface area contributed by atoms with Crippen molar-refractivity contribution in [3.63, 3.8) is 0 Å². The second-order valence-electron chi connectivity index (χ2n) is 5.29. The number of carboxylic acids is 1. The molecule has 0 aliphatic carbocycles. The SMILES string of the molecule is CN1CCC(C(=O)NCC(C(=O)O)c2ccccc2)C1. The molecule has 1 saturated heterocycles. The van der Waals surface area contributed by atoms with Crippen LogP contribution in [-0.2, 0) is 9.59 Å². The Kier molecular flexibility index (Phi) is 4.74. The van der Waals surface area contributed by atoms with E-state index in [1.165, 1.54) is 0 Å². The second kappa shape index (κ2) is 6.52. The molecule has 0 radical (unpaired) electrons. The number of hydrogen-bond donors (Lipinski definition) is 2. The molecule has 20 heavy (non-hydrogen) atoms. The standard InChI is InChI=1S/C15H20N2O3/c1-17-8-7-12(10-17)14(18)16-9-13(15(19)20)11-5-3-2-4-6-11/h2-6,12-13H,7-10H2,1H3,(H,16,18)(H,19,20). The fraction of sp³-hybridized carbons (Fsp3) is 0.467. The van der Waals surface area contributed by atoms with Crippen molar-refractivity contribution in [1.29, 1.82) is 0 Å². The van der Waals surface area contributed by atoms with Crippen LogP contribution in [-0.4, -0.2) is 48.6 Å². The number of aliphatic carboxylic acids is 1. The molecule has 1 fully saturated rings. The molecule has 1 aromatic carbocycles. The van der Waals surface area contributed by atoms with E-state index in [-0.39, 0.29) is 18.4 Å². The van der Waals surface area contributed by atoms with Gasteiger partial charge in [-0.15, -0.1) is 0 Å². The Bertz CT molecular complexity index is 475. The van der Waals surface area contributed by atoms with Gasteiger partial charge in [-0.2, -0.15) is 0 Å². The van der Waals surface area contributed by atoms with Crippen molar-refractivity contribution in [2.24, 2.45) is 5.92 Å². The van der Waals surface area contributed by atoms with Crippen LogP contribution in [0.3, 0.4) is 0 Å². The summed E-state index contributed by atoms with van der Waals surface area (Å²) in [6, 6.07) is 9.00. The summed E-state index contributed by atoms with van der Waals surface area (Å²) in [5.74, 6) is -1.68. The Labute approximate surface area is 118 Å². The van der Waals surface area contributed by atoms with Gasteiger partial charge in [-0.25, -0.2) is 0 Å². The summed E-state index contributed by atoms with van der Waals surface area (Å²) in [6.45, 7) is 1.80. The zero-order chi connectivity index (χ0) is 14.5. The zero-order valence-corrected chi connectivity index (χ0v) is 11.6. The van der Waals surface area contributed by atoms with E-state index in [0.717, 1.165) is 19.5 Å². The van der Waals surface area contributed by atoms with Gasteiger partial charge in [-0.05, 0) is 25.6 Å². The van der Waals surface area contributed by atoms with E-state index in [1.54, 1.807) is 24.3 Å². The first-order valence-electron chi connectivity index (χ1n) is 6.82. The smallest absolute Gasteiger partial charge is 0.312 e. The summed E-state index contributed by atoms with van der Waals surface area (Å²) in [5, 5.41) is 12.1. The van der Waals surface area contributed by atoms with E-state index in [4.69, 9.17) is 0 Å². The average molecular weight is 276 g/mol. The first kappa shape index (κ1) is 14.5. The molecule has 0 aromatic heterocycles. The topological polar surface area (TPSA) is 69.6 Å². The van der Waals surface area contributed by atoms with Crippen LogP contribution in [0.2, 0.25) is 0 Å². The summed E-state index contributed by atoms with van der Waals surface area (Å²) in [6.07, 6.45) is 0.839. The highest BCUT2D eigenvalue weighted by molar-refractivity contribution is 5.81. The van der Waals surface area contributed by atoms with Crippen molar-refractivity contribution in [1.82, 2.24) is 10.2 Å². The molecule has 2 rings (SSSR count). The molecule has 0 saturated carbocycles. The van der Waals surface area contributed by atoms with Gasteiger partial charge in [0.05, 0.1) is 11.8 Å². The maximum atomic E-state index is 12.0. The van der Waals surface area contributed by atoms with Crippen LogP contribution in [0.15, 0.2) is 30.3 Å². The summed E-state index contributed by atoms with van der Waals surface area (Å²) in [4.78, 5) is 25.5. The number of carbonyl (C=O) groups excluding carboxylic acids is 1. The maximum Gasteiger partial charge on any atom is 0.312 e. The van der Waals surface area contributed by atoms with E-state index < -0.39 is 11.9 Å². The van der Waals surface area contributed by atoms with E-state index >= 15 is 0 Å². The number of nitrogens with zero attached hydrogens (tertiary/aromatic N) is 1. The number of carbonyl (C=O) groups is 2. The van der Waals surface area contributed by atoms with Gasteiger partial charge < -0.3 is 15.3 Å². The highest BCUT2D eigenvalue weighted by atomic mass is 16.4. The third-order valence-electron chi connectivity index (χ3n) is 3.74. The molecular formula is C15H20N2O3. The van der Waals surface area contributed by atoms with Crippen molar-refractivity contribution in [2.75, 3.05) is 26.7 Å². The van der Waals surface area contributed by atoms with Crippen LogP contribution in [0, 0.1) is 5.92 Å². The van der Waals surface area contributed by atoms with Gasteiger partial charge in [-0.1, -0.05) is 30.3 Å². The molecule has 2 atom stereocenters. The normalized spacial score (nSPS) is 20.6. The maximum absolute atomic E-state index is 12.0. The second-order valence-corrected chi connectivity index (χ2v) is 5.29. The van der Waals surface area contributed by atoms with Crippen molar-refractivity contribution in [2.45, 2.75) is 12.3 Å². The van der Waals surface area contributed by atoms with E-state index in [1.807, 2.05) is 13.1 Å². The minimum absolute atomic E-state index is 0.0229. The molecule has 1 amide bonds. The Morgan fingerprint density at radius 1 is 1.40 bits per heavy atom. The molecule has 2 N–H and O–H groups in total. The van der Waals surface area contributed by atoms with Crippen LogP contribution in [0.25, 0.3) is 0 Å². The van der Waals surface area contributed by atoms with Crippen LogP contribution in [0.4, 0.5) is 0 Å². The molecule has 5 heteroatoms.